The first-order valence-electron chi connectivity index (χ1n) is 14.2. The summed E-state index contributed by atoms with van der Waals surface area (Å²) >= 11 is 0. The summed E-state index contributed by atoms with van der Waals surface area (Å²) in [5, 5.41) is 13.7. The van der Waals surface area contributed by atoms with E-state index in [2.05, 4.69) is 25.4 Å². The van der Waals surface area contributed by atoms with E-state index in [-0.39, 0.29) is 17.9 Å². The van der Waals surface area contributed by atoms with Crippen LogP contribution in [0.25, 0.3) is 10.9 Å². The van der Waals surface area contributed by atoms with Gasteiger partial charge in [-0.1, -0.05) is 42.5 Å². The van der Waals surface area contributed by atoms with Gasteiger partial charge < -0.3 is 14.5 Å². The average Bonchev–Trinajstić information content (AvgIpc) is 3.48. The van der Waals surface area contributed by atoms with Crippen LogP contribution in [-0.4, -0.2) is 50.9 Å². The number of nitrogens with one attached hydrogen (secondary N) is 1. The monoisotopic (exact) mass is 584 g/mol. The third kappa shape index (κ3) is 6.29. The van der Waals surface area contributed by atoms with Crippen LogP contribution in [0.4, 0.5) is 4.39 Å². The van der Waals surface area contributed by atoms with E-state index in [1.807, 2.05) is 76.2 Å². The molecule has 0 amide bonds. The number of aromatic amines is 1. The fourth-order valence-electron chi connectivity index (χ4n) is 5.40. The predicted octanol–water partition coefficient (Wildman–Crippen LogP) is 5.57. The van der Waals surface area contributed by atoms with Crippen molar-refractivity contribution >= 4 is 10.9 Å². The van der Waals surface area contributed by atoms with Gasteiger partial charge in [-0.05, 0) is 85.3 Å². The summed E-state index contributed by atoms with van der Waals surface area (Å²) in [6, 6.07) is 19.6. The number of rotatable bonds is 10. The normalized spacial score (nSPS) is 12.6. The summed E-state index contributed by atoms with van der Waals surface area (Å²) in [6.45, 7) is 8.64. The maximum Gasteiger partial charge on any atom is 0.253 e. The molecule has 2 aromatic heterocycles. The van der Waals surface area contributed by atoms with Gasteiger partial charge in [0.25, 0.3) is 5.56 Å². The minimum absolute atomic E-state index is 0.215. The van der Waals surface area contributed by atoms with E-state index < -0.39 is 11.6 Å². The number of aromatic nitrogens is 5. The van der Waals surface area contributed by atoms with Crippen LogP contribution in [0.5, 0.6) is 11.5 Å². The first-order valence-corrected chi connectivity index (χ1v) is 14.2. The molecule has 0 aliphatic heterocycles. The van der Waals surface area contributed by atoms with Crippen molar-refractivity contribution in [3.8, 4) is 11.5 Å². The first-order chi connectivity index (χ1) is 20.6. The van der Waals surface area contributed by atoms with Crippen LogP contribution < -0.4 is 15.0 Å². The fraction of sp³-hybridized carbons (Fsp3) is 0.333. The van der Waals surface area contributed by atoms with Crippen LogP contribution in [0, 0.1) is 12.7 Å². The smallest absolute Gasteiger partial charge is 0.253 e. The number of hydrogen-bond acceptors (Lipinski definition) is 7. The van der Waals surface area contributed by atoms with Gasteiger partial charge in [-0.3, -0.25) is 9.69 Å². The lowest BCUT2D eigenvalue weighted by molar-refractivity contribution is 0.192. The van der Waals surface area contributed by atoms with Gasteiger partial charge in [0.05, 0.1) is 25.3 Å². The van der Waals surface area contributed by atoms with Crippen molar-refractivity contribution in [2.75, 3.05) is 20.8 Å². The Morgan fingerprint density at radius 2 is 1.77 bits per heavy atom. The van der Waals surface area contributed by atoms with E-state index in [1.165, 1.54) is 6.07 Å². The van der Waals surface area contributed by atoms with E-state index in [0.29, 0.717) is 41.4 Å². The van der Waals surface area contributed by atoms with Crippen molar-refractivity contribution in [2.45, 2.75) is 52.2 Å². The molecule has 0 aliphatic rings. The number of H-pyrrole nitrogens is 1. The van der Waals surface area contributed by atoms with Crippen molar-refractivity contribution in [1.82, 2.24) is 30.1 Å². The Morgan fingerprint density at radius 3 is 2.49 bits per heavy atom. The van der Waals surface area contributed by atoms with Crippen molar-refractivity contribution in [1.29, 1.82) is 0 Å². The van der Waals surface area contributed by atoms with Crippen molar-refractivity contribution in [3.05, 3.63) is 111 Å². The molecule has 0 bridgehead atoms. The number of fused-ring (bicyclic) bond motifs is 1. The van der Waals surface area contributed by atoms with Gasteiger partial charge in [-0.15, -0.1) is 5.10 Å². The minimum atomic E-state index is -0.692. The second kappa shape index (κ2) is 12.3. The largest absolute Gasteiger partial charge is 0.493 e. The van der Waals surface area contributed by atoms with Gasteiger partial charge in [0, 0.05) is 24.2 Å². The molecule has 0 saturated heterocycles. The number of hydrogen-bond donors (Lipinski definition) is 1. The summed E-state index contributed by atoms with van der Waals surface area (Å²) in [5.41, 5.74) is 2.98. The van der Waals surface area contributed by atoms with Crippen molar-refractivity contribution in [2.24, 2.45) is 0 Å². The molecule has 1 unspecified atom stereocenters. The fourth-order valence-corrected chi connectivity index (χ4v) is 5.40. The molecule has 0 radical (unpaired) electrons. The molecule has 5 rings (SSSR count). The van der Waals surface area contributed by atoms with Gasteiger partial charge in [-0.2, -0.15) is 0 Å². The van der Waals surface area contributed by atoms with E-state index in [0.717, 1.165) is 22.0 Å². The third-order valence-electron chi connectivity index (χ3n) is 7.62. The minimum Gasteiger partial charge on any atom is -0.493 e. The third-order valence-corrected chi connectivity index (χ3v) is 7.62. The Morgan fingerprint density at radius 1 is 1.00 bits per heavy atom. The second-order valence-electron chi connectivity index (χ2n) is 11.6. The standard InChI is InChI=1S/C33H37FN6O3/c1-21-10-9-12-23-19-25(32(41)35-29(21)23)30(31-36-37-38-40(31)33(2,3)4)39(20-24-11-7-8-13-26(24)34)17-16-22-14-15-27(42-5)28(18-22)43-6/h7-15,18-19,30H,16-17,20H2,1-6H3,(H,35,41). The molecule has 3 aromatic carbocycles. The number of nitrogens with zero attached hydrogens (tertiary/aromatic N) is 5. The Kier molecular flexibility index (Phi) is 8.59. The summed E-state index contributed by atoms with van der Waals surface area (Å²) in [4.78, 5) is 19.0. The number of aryl methyl sites for hydroxylation is 1. The highest BCUT2D eigenvalue weighted by Gasteiger charge is 2.34. The zero-order valence-corrected chi connectivity index (χ0v) is 25.4. The lowest BCUT2D eigenvalue weighted by atomic mass is 9.99. The molecule has 2 heterocycles. The molecule has 1 N–H and O–H groups in total. The maximum atomic E-state index is 15.1. The second-order valence-corrected chi connectivity index (χ2v) is 11.6. The molecule has 9 nitrogen and oxygen atoms in total. The first kappa shape index (κ1) is 29.9. The van der Waals surface area contributed by atoms with Crippen LogP contribution in [0.15, 0.2) is 71.5 Å². The Bertz CT molecular complexity index is 1790. The zero-order valence-electron chi connectivity index (χ0n) is 25.4. The number of benzene rings is 3. The van der Waals surface area contributed by atoms with E-state index >= 15 is 4.39 Å². The molecule has 1 atom stereocenters. The topological polar surface area (TPSA) is 98.2 Å². The summed E-state index contributed by atoms with van der Waals surface area (Å²) in [5.74, 6) is 1.43. The number of tetrazole rings is 1. The van der Waals surface area contributed by atoms with Gasteiger partial charge in [0.15, 0.2) is 17.3 Å². The van der Waals surface area contributed by atoms with Gasteiger partial charge in [0.2, 0.25) is 0 Å². The molecule has 0 spiro atoms. The number of para-hydroxylation sites is 1. The van der Waals surface area contributed by atoms with Crippen LogP contribution in [0.2, 0.25) is 0 Å². The highest BCUT2D eigenvalue weighted by Crippen LogP contribution is 2.33. The van der Waals surface area contributed by atoms with Gasteiger partial charge in [-0.25, -0.2) is 9.07 Å². The van der Waals surface area contributed by atoms with Crippen LogP contribution in [0.3, 0.4) is 0 Å². The van der Waals surface area contributed by atoms with Crippen LogP contribution >= 0.6 is 0 Å². The highest BCUT2D eigenvalue weighted by molar-refractivity contribution is 5.82. The summed E-state index contributed by atoms with van der Waals surface area (Å²) < 4.78 is 27.8. The number of halogens is 1. The van der Waals surface area contributed by atoms with Crippen molar-refractivity contribution < 1.29 is 13.9 Å². The molecule has 0 aliphatic carbocycles. The molecular formula is C33H37FN6O3. The van der Waals surface area contributed by atoms with Crippen LogP contribution in [-0.2, 0) is 18.5 Å². The lowest BCUT2D eigenvalue weighted by Gasteiger charge is -2.33. The molecule has 10 heteroatoms. The number of methoxy groups -OCH3 is 2. The Hall–Kier alpha value is -4.57. The molecule has 0 fully saturated rings. The lowest BCUT2D eigenvalue weighted by Crippen LogP contribution is -2.38. The SMILES string of the molecule is COc1ccc(CCN(Cc2ccccc2F)C(c2cc3cccc(C)c3[nH]c2=O)c2nnnn2C(C)(C)C)cc1OC. The highest BCUT2D eigenvalue weighted by atomic mass is 19.1. The summed E-state index contributed by atoms with van der Waals surface area (Å²) in [6.07, 6.45) is 0.576. The zero-order chi connectivity index (χ0) is 30.7. The molecule has 43 heavy (non-hydrogen) atoms. The number of pyridine rings is 1. The molecular weight excluding hydrogens is 547 g/mol. The van der Waals surface area contributed by atoms with Crippen LogP contribution in [0.1, 0.15) is 54.9 Å². The molecule has 224 valence electrons. The maximum absolute atomic E-state index is 15.1. The van der Waals surface area contributed by atoms with E-state index in [1.54, 1.807) is 31.0 Å². The summed E-state index contributed by atoms with van der Waals surface area (Å²) in [7, 11) is 3.20. The number of ether oxygens (including phenoxy) is 2. The average molecular weight is 585 g/mol. The van der Waals surface area contributed by atoms with E-state index in [4.69, 9.17) is 9.47 Å². The van der Waals surface area contributed by atoms with Crippen molar-refractivity contribution in [3.63, 3.8) is 0 Å². The van der Waals surface area contributed by atoms with E-state index in [9.17, 15) is 4.79 Å². The van der Waals surface area contributed by atoms with Gasteiger partial charge >= 0.3 is 0 Å². The Labute approximate surface area is 250 Å². The Balaban J connectivity index is 1.68. The molecule has 5 aromatic rings. The predicted molar refractivity (Wildman–Crippen MR) is 164 cm³/mol. The molecule has 0 saturated carbocycles. The quantitative estimate of drug-likeness (QED) is 0.229. The van der Waals surface area contributed by atoms with Gasteiger partial charge in [0.1, 0.15) is 11.9 Å².